The number of aromatic nitrogens is 2. The van der Waals surface area contributed by atoms with Gasteiger partial charge in [0.15, 0.2) is 0 Å². The molecule has 1 heterocycles. The number of esters is 1. The van der Waals surface area contributed by atoms with Crippen molar-refractivity contribution < 1.29 is 9.53 Å². The Morgan fingerprint density at radius 2 is 1.93 bits per heavy atom. The molecule has 146 valence electrons. The standard InChI is InChI=1S/C23H21N3O3/c1-2-11-29-23(28)15-18-6-3-5-17(12-18)14-21-22(27)9-10-26(25-21)20-8-4-7-19(13-20)16-24/h3-10,12-13H,2,11,14-15H2,1H3. The lowest BCUT2D eigenvalue weighted by Crippen LogP contribution is -2.16. The summed E-state index contributed by atoms with van der Waals surface area (Å²) in [6.07, 6.45) is 2.91. The molecule has 3 rings (SSSR count). The number of benzene rings is 2. The summed E-state index contributed by atoms with van der Waals surface area (Å²) in [5, 5.41) is 13.5. The van der Waals surface area contributed by atoms with E-state index in [-0.39, 0.29) is 17.8 Å². The Balaban J connectivity index is 1.81. The van der Waals surface area contributed by atoms with E-state index in [2.05, 4.69) is 11.2 Å². The predicted molar refractivity (Wildman–Crippen MR) is 109 cm³/mol. The van der Waals surface area contributed by atoms with Gasteiger partial charge < -0.3 is 4.74 Å². The number of carbonyl (C=O) groups excluding carboxylic acids is 1. The van der Waals surface area contributed by atoms with Gasteiger partial charge in [0.05, 0.1) is 30.3 Å². The lowest BCUT2D eigenvalue weighted by molar-refractivity contribution is -0.142. The Bertz CT molecular complexity index is 1110. The highest BCUT2D eigenvalue weighted by molar-refractivity contribution is 5.72. The average molecular weight is 387 g/mol. The van der Waals surface area contributed by atoms with E-state index in [1.54, 1.807) is 29.1 Å². The zero-order valence-corrected chi connectivity index (χ0v) is 16.2. The highest BCUT2D eigenvalue weighted by Gasteiger charge is 2.09. The summed E-state index contributed by atoms with van der Waals surface area (Å²) in [5.41, 5.74) is 3.18. The Morgan fingerprint density at radius 1 is 1.14 bits per heavy atom. The van der Waals surface area contributed by atoms with E-state index in [1.165, 1.54) is 6.07 Å². The molecule has 0 aliphatic heterocycles. The van der Waals surface area contributed by atoms with Gasteiger partial charge in [-0.3, -0.25) is 9.59 Å². The molecule has 0 unspecified atom stereocenters. The third kappa shape index (κ3) is 5.39. The molecule has 6 nitrogen and oxygen atoms in total. The second kappa shape index (κ2) is 9.47. The molecule has 6 heteroatoms. The maximum absolute atomic E-state index is 12.3. The number of rotatable bonds is 7. The SMILES string of the molecule is CCCOC(=O)Cc1cccc(Cc2nn(-c3cccc(C#N)c3)ccc2=O)c1. The summed E-state index contributed by atoms with van der Waals surface area (Å²) in [6, 6.07) is 18.1. The van der Waals surface area contributed by atoms with Gasteiger partial charge in [-0.25, -0.2) is 4.68 Å². The zero-order chi connectivity index (χ0) is 20.6. The third-order valence-corrected chi connectivity index (χ3v) is 4.30. The number of nitriles is 1. The van der Waals surface area contributed by atoms with Gasteiger partial charge in [0.25, 0.3) is 0 Å². The van der Waals surface area contributed by atoms with Gasteiger partial charge >= 0.3 is 5.97 Å². The molecule has 0 saturated carbocycles. The minimum Gasteiger partial charge on any atom is -0.465 e. The highest BCUT2D eigenvalue weighted by atomic mass is 16.5. The summed E-state index contributed by atoms with van der Waals surface area (Å²) >= 11 is 0. The molecule has 0 fully saturated rings. The maximum atomic E-state index is 12.3. The van der Waals surface area contributed by atoms with Crippen molar-refractivity contribution >= 4 is 5.97 Å². The minimum absolute atomic E-state index is 0.162. The lowest BCUT2D eigenvalue weighted by Gasteiger charge is -2.09. The van der Waals surface area contributed by atoms with Crippen LogP contribution in [0.4, 0.5) is 0 Å². The molecule has 0 spiro atoms. The Kier molecular flexibility index (Phi) is 6.54. The molecule has 0 amide bonds. The zero-order valence-electron chi connectivity index (χ0n) is 16.2. The topological polar surface area (TPSA) is 85.0 Å². The van der Waals surface area contributed by atoms with Crippen LogP contribution in [0.25, 0.3) is 5.69 Å². The third-order valence-electron chi connectivity index (χ3n) is 4.30. The number of nitrogens with zero attached hydrogens (tertiary/aromatic N) is 3. The van der Waals surface area contributed by atoms with Crippen molar-refractivity contribution in [3.8, 4) is 11.8 Å². The van der Waals surface area contributed by atoms with Crippen LogP contribution in [0, 0.1) is 11.3 Å². The molecule has 0 aliphatic carbocycles. The van der Waals surface area contributed by atoms with Crippen molar-refractivity contribution in [1.82, 2.24) is 9.78 Å². The number of carbonyl (C=O) groups is 1. The molecule has 0 N–H and O–H groups in total. The van der Waals surface area contributed by atoms with Gasteiger partial charge in [-0.05, 0) is 35.7 Å². The summed E-state index contributed by atoms with van der Waals surface area (Å²) in [5.74, 6) is -0.262. The monoisotopic (exact) mass is 387 g/mol. The van der Waals surface area contributed by atoms with E-state index in [0.717, 1.165) is 17.5 Å². The summed E-state index contributed by atoms with van der Waals surface area (Å²) in [7, 11) is 0. The molecule has 0 saturated heterocycles. The quantitative estimate of drug-likeness (QED) is 0.581. The minimum atomic E-state index is -0.262. The van der Waals surface area contributed by atoms with Crippen LogP contribution in [0.1, 0.15) is 35.7 Å². The van der Waals surface area contributed by atoms with E-state index in [0.29, 0.717) is 30.0 Å². The molecule has 0 bridgehead atoms. The summed E-state index contributed by atoms with van der Waals surface area (Å²) in [4.78, 5) is 24.1. The number of ether oxygens (including phenoxy) is 1. The Labute approximate surface area is 169 Å². The second-order valence-electron chi connectivity index (χ2n) is 6.63. The Hall–Kier alpha value is -3.72. The molecular formula is C23H21N3O3. The van der Waals surface area contributed by atoms with Gasteiger partial charge in [-0.1, -0.05) is 37.3 Å². The van der Waals surface area contributed by atoms with Crippen molar-refractivity contribution in [1.29, 1.82) is 5.26 Å². The Morgan fingerprint density at radius 3 is 2.72 bits per heavy atom. The molecule has 2 aromatic carbocycles. The molecule has 3 aromatic rings. The van der Waals surface area contributed by atoms with Crippen LogP contribution in [0.3, 0.4) is 0 Å². The van der Waals surface area contributed by atoms with Crippen molar-refractivity contribution in [3.63, 3.8) is 0 Å². The van der Waals surface area contributed by atoms with Crippen LogP contribution >= 0.6 is 0 Å². The second-order valence-corrected chi connectivity index (χ2v) is 6.63. The molecule has 0 aliphatic rings. The van der Waals surface area contributed by atoms with Crippen LogP contribution in [-0.4, -0.2) is 22.4 Å². The summed E-state index contributed by atoms with van der Waals surface area (Å²) in [6.45, 7) is 2.36. The highest BCUT2D eigenvalue weighted by Crippen LogP contribution is 2.12. The first kappa shape index (κ1) is 20.0. The van der Waals surface area contributed by atoms with E-state index < -0.39 is 0 Å². The predicted octanol–water partition coefficient (Wildman–Crippen LogP) is 3.19. The van der Waals surface area contributed by atoms with Gasteiger partial charge in [0, 0.05) is 18.7 Å². The smallest absolute Gasteiger partial charge is 0.310 e. The molecule has 1 aromatic heterocycles. The summed E-state index contributed by atoms with van der Waals surface area (Å²) < 4.78 is 6.72. The molecule has 0 atom stereocenters. The fourth-order valence-electron chi connectivity index (χ4n) is 2.91. The molecule has 29 heavy (non-hydrogen) atoms. The van der Waals surface area contributed by atoms with E-state index >= 15 is 0 Å². The van der Waals surface area contributed by atoms with Crippen molar-refractivity contribution in [2.24, 2.45) is 0 Å². The molecule has 0 radical (unpaired) electrons. The maximum Gasteiger partial charge on any atom is 0.310 e. The van der Waals surface area contributed by atoms with Gasteiger partial charge in [-0.15, -0.1) is 0 Å². The van der Waals surface area contributed by atoms with E-state index in [9.17, 15) is 9.59 Å². The van der Waals surface area contributed by atoms with E-state index in [4.69, 9.17) is 10.00 Å². The van der Waals surface area contributed by atoms with Gasteiger partial charge in [-0.2, -0.15) is 10.4 Å². The average Bonchev–Trinajstić information content (AvgIpc) is 2.74. The van der Waals surface area contributed by atoms with Crippen LogP contribution in [0.5, 0.6) is 0 Å². The van der Waals surface area contributed by atoms with Crippen LogP contribution in [0.15, 0.2) is 65.6 Å². The number of hydrogen-bond donors (Lipinski definition) is 0. The van der Waals surface area contributed by atoms with Crippen LogP contribution < -0.4 is 5.43 Å². The number of hydrogen-bond acceptors (Lipinski definition) is 5. The normalized spacial score (nSPS) is 10.3. The fraction of sp³-hybridized carbons (Fsp3) is 0.217. The first-order valence-corrected chi connectivity index (χ1v) is 9.42. The molecular weight excluding hydrogens is 366 g/mol. The van der Waals surface area contributed by atoms with Crippen LogP contribution in [-0.2, 0) is 22.4 Å². The van der Waals surface area contributed by atoms with E-state index in [1.807, 2.05) is 37.3 Å². The lowest BCUT2D eigenvalue weighted by atomic mass is 10.0. The first-order chi connectivity index (χ1) is 14.1. The fourth-order valence-corrected chi connectivity index (χ4v) is 2.91. The first-order valence-electron chi connectivity index (χ1n) is 9.42. The van der Waals surface area contributed by atoms with Crippen LogP contribution in [0.2, 0.25) is 0 Å². The van der Waals surface area contributed by atoms with Crippen molar-refractivity contribution in [3.05, 3.63) is 93.4 Å². The largest absolute Gasteiger partial charge is 0.465 e. The van der Waals surface area contributed by atoms with Crippen molar-refractivity contribution in [2.75, 3.05) is 6.61 Å². The van der Waals surface area contributed by atoms with Crippen molar-refractivity contribution in [2.45, 2.75) is 26.2 Å². The van der Waals surface area contributed by atoms with Gasteiger partial charge in [0.2, 0.25) is 5.43 Å². The van der Waals surface area contributed by atoms with Gasteiger partial charge in [0.1, 0.15) is 5.69 Å².